The summed E-state index contributed by atoms with van der Waals surface area (Å²) in [5.74, 6) is 0. The topological polar surface area (TPSA) is 51.6 Å². The smallest absolute Gasteiger partial charge is 0.121 e. The molecule has 0 spiro atoms. The van der Waals surface area contributed by atoms with Gasteiger partial charge >= 0.3 is 122 Å². The number of hydrogen-bond acceptors (Lipinski definition) is 8. The van der Waals surface area contributed by atoms with Crippen LogP contribution in [0.1, 0.15) is 153 Å². The van der Waals surface area contributed by atoms with Crippen molar-refractivity contribution < 1.29 is 0 Å². The Balaban J connectivity index is 0.000000223. The molecular weight excluding hydrogens is 1250 g/mol. The van der Waals surface area contributed by atoms with Crippen LogP contribution in [-0.2, 0) is 12.8 Å². The standard InChI is InChI=1S/C22H27BrCl2N2S2.C16H27S.C6Br2Cl2N2S.3CH3.Sn/c1-2-3-4-5-6-7-8-9-10-11-12-15-13-16(28-14-15)17-19(24)20(25)18(23)22-21(17)26-29-27-22;1-2-3-4-5-6-7-8-9-10-11-12-16-13-14-17-15-16;7-1-3(9)4(10)2(8)6-5(1)11-13-12-6;;;;/h13-14H,2-12H2,1H3;13,15H,2-12H2,1H3;;3*1H3;. The average molecular weight is 1310 g/mol. The first kappa shape index (κ1) is 56.5. The molecule has 348 valence electrons. The molecule has 0 amide bonds. The summed E-state index contributed by atoms with van der Waals surface area (Å²) in [6.45, 7) is 4.57. The van der Waals surface area contributed by atoms with Crippen LogP contribution >= 0.6 is 140 Å². The molecule has 0 bridgehead atoms. The largest absolute Gasteiger partial charge is 0.172 e. The third-order valence-corrected chi connectivity index (χ3v) is 28.3. The molecule has 2 aromatic carbocycles. The predicted molar refractivity (Wildman–Crippen MR) is 300 cm³/mol. The number of hydrogen-bond donors (Lipinski definition) is 0. The molecule has 4 heterocycles. The summed E-state index contributed by atoms with van der Waals surface area (Å²) in [4.78, 5) is 8.67. The number of nitrogens with zero attached hydrogens (tertiary/aromatic N) is 4. The molecular formula is C47H63Br3Cl4N4S4Sn. The first-order chi connectivity index (χ1) is 30.3. The first-order valence-corrected chi connectivity index (χ1v) is 39.8. The van der Waals surface area contributed by atoms with Crippen molar-refractivity contribution in [3.05, 3.63) is 67.5 Å². The third-order valence-electron chi connectivity index (χ3n) is 11.0. The molecule has 6 rings (SSSR count). The first-order valence-electron chi connectivity index (χ1n) is 22.7. The summed E-state index contributed by atoms with van der Waals surface area (Å²) >= 11 is 39.3. The average Bonchev–Trinajstić information content (AvgIpc) is 4.12. The Kier molecular flexibility index (Phi) is 27.3. The Bertz CT molecular complexity index is 2210. The molecule has 0 saturated heterocycles. The van der Waals surface area contributed by atoms with Crippen LogP contribution in [0, 0.1) is 0 Å². The van der Waals surface area contributed by atoms with Crippen LogP contribution in [0.4, 0.5) is 0 Å². The Labute approximate surface area is 443 Å². The van der Waals surface area contributed by atoms with Crippen LogP contribution in [0.3, 0.4) is 0 Å². The minimum absolute atomic E-state index is 0.453. The molecule has 0 aliphatic heterocycles. The molecule has 16 heteroatoms. The number of aromatic nitrogens is 4. The zero-order valence-electron chi connectivity index (χ0n) is 37.4. The van der Waals surface area contributed by atoms with E-state index in [0.29, 0.717) is 29.0 Å². The van der Waals surface area contributed by atoms with Crippen molar-refractivity contribution in [3.63, 3.8) is 0 Å². The van der Waals surface area contributed by atoms with Gasteiger partial charge in [0.2, 0.25) is 0 Å². The molecule has 0 N–H and O–H groups in total. The van der Waals surface area contributed by atoms with E-state index in [-0.39, 0.29) is 0 Å². The number of benzene rings is 2. The summed E-state index contributed by atoms with van der Waals surface area (Å²) in [7, 11) is 0. The second-order valence-electron chi connectivity index (χ2n) is 17.2. The van der Waals surface area contributed by atoms with E-state index < -0.39 is 18.4 Å². The van der Waals surface area contributed by atoms with E-state index in [2.05, 4.69) is 117 Å². The number of fused-ring (bicyclic) bond motifs is 2. The fourth-order valence-electron chi connectivity index (χ4n) is 7.18. The van der Waals surface area contributed by atoms with E-state index in [1.807, 2.05) is 11.3 Å². The number of halogens is 7. The Hall–Kier alpha value is 0.879. The second-order valence-corrected chi connectivity index (χ2v) is 39.4. The van der Waals surface area contributed by atoms with Crippen molar-refractivity contribution in [1.29, 1.82) is 0 Å². The van der Waals surface area contributed by atoms with Gasteiger partial charge in [-0.1, -0.05) is 131 Å². The van der Waals surface area contributed by atoms with Gasteiger partial charge in [0.1, 0.15) is 22.1 Å². The Morgan fingerprint density at radius 3 is 1.22 bits per heavy atom. The number of thiophene rings is 2. The van der Waals surface area contributed by atoms with Crippen molar-refractivity contribution in [3.8, 4) is 10.4 Å². The van der Waals surface area contributed by atoms with Gasteiger partial charge in [-0.3, -0.25) is 0 Å². The van der Waals surface area contributed by atoms with E-state index in [4.69, 9.17) is 46.4 Å². The molecule has 0 unspecified atom stereocenters. The van der Waals surface area contributed by atoms with Crippen LogP contribution in [0.15, 0.2) is 36.3 Å². The summed E-state index contributed by atoms with van der Waals surface area (Å²) in [5, 5.41) is 6.62. The van der Waals surface area contributed by atoms with Gasteiger partial charge in [0.15, 0.2) is 0 Å². The molecule has 4 aromatic heterocycles. The summed E-state index contributed by atoms with van der Waals surface area (Å²) in [6, 6.07) is 4.76. The van der Waals surface area contributed by atoms with Crippen LogP contribution < -0.4 is 2.89 Å². The van der Waals surface area contributed by atoms with Crippen LogP contribution in [0.5, 0.6) is 0 Å². The number of aryl methyl sites for hydroxylation is 2. The number of unbranched alkanes of at least 4 members (excludes halogenated alkanes) is 18. The van der Waals surface area contributed by atoms with E-state index >= 15 is 0 Å². The van der Waals surface area contributed by atoms with E-state index in [0.717, 1.165) is 55.1 Å². The van der Waals surface area contributed by atoms with Gasteiger partial charge in [0.25, 0.3) is 0 Å². The molecule has 0 aliphatic carbocycles. The molecule has 0 fully saturated rings. The van der Waals surface area contributed by atoms with Gasteiger partial charge < -0.3 is 0 Å². The predicted octanol–water partition coefficient (Wildman–Crippen LogP) is 21.2. The van der Waals surface area contributed by atoms with Gasteiger partial charge in [0, 0.05) is 10.4 Å². The van der Waals surface area contributed by atoms with E-state index in [1.54, 1.807) is 19.8 Å². The van der Waals surface area contributed by atoms with Crippen LogP contribution in [-0.4, -0.2) is 35.9 Å². The normalized spacial score (nSPS) is 11.6. The minimum Gasteiger partial charge on any atom is -0.172 e. The maximum atomic E-state index is 6.57. The molecule has 0 aliphatic rings. The SMILES string of the molecule is CCCCCCCCCCCCc1cs[c]([Sn]([CH3])([CH3])[CH3])c1.CCCCCCCCCCCCc1csc(-c2c(Cl)c(Cl)c(Br)c3nsnc23)c1.Clc1c(Cl)c(Br)c2nsnc2c1Br. The van der Waals surface area contributed by atoms with Crippen LogP contribution in [0.25, 0.3) is 32.5 Å². The monoisotopic (exact) mass is 1310 g/mol. The van der Waals surface area contributed by atoms with Crippen molar-refractivity contribution in [2.45, 2.75) is 170 Å². The van der Waals surface area contributed by atoms with Crippen LogP contribution in [0.2, 0.25) is 34.9 Å². The van der Waals surface area contributed by atoms with Gasteiger partial charge in [-0.25, -0.2) is 0 Å². The summed E-state index contributed by atoms with van der Waals surface area (Å²) in [5.41, 5.74) is 6.95. The van der Waals surface area contributed by atoms with Gasteiger partial charge in [-0.2, -0.15) is 17.5 Å². The third kappa shape index (κ3) is 18.3. The zero-order chi connectivity index (χ0) is 45.8. The zero-order valence-corrected chi connectivity index (χ0v) is 51.3. The Morgan fingerprint density at radius 1 is 0.460 bits per heavy atom. The second kappa shape index (κ2) is 30.5. The summed E-state index contributed by atoms with van der Waals surface area (Å²) in [6.07, 6.45) is 30.4. The molecule has 4 nitrogen and oxygen atoms in total. The molecule has 0 radical (unpaired) electrons. The molecule has 0 saturated carbocycles. The number of rotatable bonds is 24. The maximum absolute atomic E-state index is 6.57. The molecule has 63 heavy (non-hydrogen) atoms. The maximum Gasteiger partial charge on any atom is 0.121 e. The molecule has 0 atom stereocenters. The van der Waals surface area contributed by atoms with E-state index in [9.17, 15) is 0 Å². The fraction of sp³-hybridized carbons (Fsp3) is 0.574. The summed E-state index contributed by atoms with van der Waals surface area (Å²) < 4.78 is 20.8. The fourth-order valence-corrected chi connectivity index (χ4v) is 18.6. The van der Waals surface area contributed by atoms with Gasteiger partial charge in [-0.05, 0) is 77.6 Å². The van der Waals surface area contributed by atoms with Crippen molar-refractivity contribution in [1.82, 2.24) is 17.5 Å². The van der Waals surface area contributed by atoms with Gasteiger partial charge in [0.05, 0.1) is 57.0 Å². The van der Waals surface area contributed by atoms with E-state index in [1.165, 1.54) is 152 Å². The van der Waals surface area contributed by atoms with Crippen molar-refractivity contribution in [2.24, 2.45) is 0 Å². The van der Waals surface area contributed by atoms with Gasteiger partial charge in [-0.15, -0.1) is 11.3 Å². The van der Waals surface area contributed by atoms with Crippen molar-refractivity contribution in [2.75, 3.05) is 0 Å². The quantitative estimate of drug-likeness (QED) is 0.0262. The Morgan fingerprint density at radius 2 is 0.810 bits per heavy atom. The molecule has 6 aromatic rings. The van der Waals surface area contributed by atoms with Crippen molar-refractivity contribution >= 4 is 184 Å². The minimum atomic E-state index is -1.79.